The maximum Gasteiger partial charge on any atom is 0.227 e. The second-order valence-corrected chi connectivity index (χ2v) is 9.07. The Morgan fingerprint density at radius 2 is 1.79 bits per heavy atom. The number of likely N-dealkylation sites (tertiary alicyclic amines) is 1. The van der Waals surface area contributed by atoms with Crippen molar-refractivity contribution in [1.29, 1.82) is 0 Å². The molecular weight excluding hydrogens is 410 g/mol. The van der Waals surface area contributed by atoms with Crippen molar-refractivity contribution < 1.29 is 4.79 Å². The first-order valence-corrected chi connectivity index (χ1v) is 12.3. The summed E-state index contributed by atoms with van der Waals surface area (Å²) in [6.45, 7) is 6.00. The van der Waals surface area contributed by atoms with Crippen molar-refractivity contribution in [1.82, 2.24) is 15.5 Å². The van der Waals surface area contributed by atoms with Gasteiger partial charge in [0.2, 0.25) is 5.91 Å². The number of amides is 1. The molecule has 2 aromatic carbocycles. The molecule has 1 fully saturated rings. The van der Waals surface area contributed by atoms with Gasteiger partial charge >= 0.3 is 0 Å². The van der Waals surface area contributed by atoms with Gasteiger partial charge in [0.05, 0.1) is 0 Å². The van der Waals surface area contributed by atoms with Crippen LogP contribution in [0, 0.1) is 0 Å². The third kappa shape index (κ3) is 5.93. The van der Waals surface area contributed by atoms with Gasteiger partial charge in [-0.1, -0.05) is 48.5 Å². The van der Waals surface area contributed by atoms with E-state index in [2.05, 4.69) is 69.9 Å². The van der Waals surface area contributed by atoms with Crippen LogP contribution in [-0.2, 0) is 11.2 Å². The highest BCUT2D eigenvalue weighted by molar-refractivity contribution is 5.95. The Morgan fingerprint density at radius 3 is 2.55 bits per heavy atom. The number of benzene rings is 2. The smallest absolute Gasteiger partial charge is 0.227 e. The lowest BCUT2D eigenvalue weighted by Gasteiger charge is -2.37. The molecule has 6 heteroatoms. The summed E-state index contributed by atoms with van der Waals surface area (Å²) in [6, 6.07) is 19.8. The van der Waals surface area contributed by atoms with Crippen molar-refractivity contribution in [3.05, 3.63) is 65.7 Å². The summed E-state index contributed by atoms with van der Waals surface area (Å²) in [6.07, 6.45) is 4.51. The van der Waals surface area contributed by atoms with Crippen LogP contribution in [0.5, 0.6) is 0 Å². The van der Waals surface area contributed by atoms with Gasteiger partial charge in [0.15, 0.2) is 5.96 Å². The lowest BCUT2D eigenvalue weighted by Crippen LogP contribution is -2.49. The number of aliphatic imine (C=N–C) groups is 1. The van der Waals surface area contributed by atoms with E-state index >= 15 is 0 Å². The zero-order valence-corrected chi connectivity index (χ0v) is 20.0. The van der Waals surface area contributed by atoms with E-state index in [1.54, 1.807) is 0 Å². The molecule has 176 valence electrons. The summed E-state index contributed by atoms with van der Waals surface area (Å²) in [5, 5.41) is 6.97. The number of piperidine rings is 1. The predicted molar refractivity (Wildman–Crippen MR) is 136 cm³/mol. The lowest BCUT2D eigenvalue weighted by molar-refractivity contribution is -0.118. The Labute approximate surface area is 198 Å². The van der Waals surface area contributed by atoms with Gasteiger partial charge in [-0.15, -0.1) is 0 Å². The molecule has 0 saturated carbocycles. The van der Waals surface area contributed by atoms with E-state index in [0.29, 0.717) is 18.5 Å². The molecule has 0 radical (unpaired) electrons. The predicted octanol–water partition coefficient (Wildman–Crippen LogP) is 3.75. The van der Waals surface area contributed by atoms with E-state index < -0.39 is 0 Å². The fourth-order valence-electron chi connectivity index (χ4n) is 4.94. The molecule has 0 spiro atoms. The molecule has 2 heterocycles. The number of anilines is 1. The van der Waals surface area contributed by atoms with E-state index in [-0.39, 0.29) is 5.91 Å². The van der Waals surface area contributed by atoms with Crippen molar-refractivity contribution >= 4 is 17.6 Å². The highest BCUT2D eigenvalue weighted by atomic mass is 16.2. The number of nitrogens with one attached hydrogen (secondary N) is 2. The van der Waals surface area contributed by atoms with E-state index in [9.17, 15) is 4.79 Å². The molecule has 0 bridgehead atoms. The fourth-order valence-corrected chi connectivity index (χ4v) is 4.94. The van der Waals surface area contributed by atoms with Crippen LogP contribution in [0.4, 0.5) is 5.69 Å². The van der Waals surface area contributed by atoms with Gasteiger partial charge in [-0.3, -0.25) is 14.7 Å². The zero-order valence-electron chi connectivity index (χ0n) is 20.0. The van der Waals surface area contributed by atoms with Crippen LogP contribution in [0.25, 0.3) is 0 Å². The average molecular weight is 448 g/mol. The Morgan fingerprint density at radius 1 is 1.06 bits per heavy atom. The number of hydrogen-bond donors (Lipinski definition) is 2. The number of para-hydroxylation sites is 1. The normalized spacial score (nSPS) is 18.1. The highest BCUT2D eigenvalue weighted by Gasteiger charge is 2.25. The molecule has 1 saturated heterocycles. The first-order valence-electron chi connectivity index (χ1n) is 12.3. The van der Waals surface area contributed by atoms with Crippen LogP contribution in [0.2, 0.25) is 0 Å². The number of rotatable bonds is 7. The number of nitrogens with zero attached hydrogens (tertiary/aromatic N) is 3. The molecule has 0 aromatic heterocycles. The molecule has 2 N–H and O–H groups in total. The highest BCUT2D eigenvalue weighted by Crippen LogP contribution is 2.28. The topological polar surface area (TPSA) is 60.0 Å². The van der Waals surface area contributed by atoms with Gasteiger partial charge in [-0.25, -0.2) is 0 Å². The first kappa shape index (κ1) is 23.3. The van der Waals surface area contributed by atoms with Gasteiger partial charge in [-0.05, 0) is 49.8 Å². The Balaban J connectivity index is 1.15. The quantitative estimate of drug-likeness (QED) is 0.386. The van der Waals surface area contributed by atoms with Crippen LogP contribution in [0.15, 0.2) is 59.6 Å². The molecule has 2 aliphatic heterocycles. The molecule has 1 atom stereocenters. The largest absolute Gasteiger partial charge is 0.356 e. The molecule has 2 aromatic rings. The van der Waals surface area contributed by atoms with Crippen LogP contribution in [0.3, 0.4) is 0 Å². The molecule has 1 unspecified atom stereocenters. The van der Waals surface area contributed by atoms with E-state index in [4.69, 9.17) is 0 Å². The van der Waals surface area contributed by atoms with Crippen LogP contribution < -0.4 is 15.5 Å². The minimum atomic E-state index is 0.213. The molecule has 6 nitrogen and oxygen atoms in total. The van der Waals surface area contributed by atoms with Gasteiger partial charge in [0.25, 0.3) is 0 Å². The SMILES string of the molecule is CN=C(NCCCC(=O)N1CCc2ccccc21)NC1CCN(C(C)c2ccccc2)CC1. The van der Waals surface area contributed by atoms with E-state index in [0.717, 1.165) is 63.5 Å². The summed E-state index contributed by atoms with van der Waals surface area (Å²) < 4.78 is 0. The summed E-state index contributed by atoms with van der Waals surface area (Å²) in [5.41, 5.74) is 3.74. The van der Waals surface area contributed by atoms with Crippen molar-refractivity contribution in [2.45, 2.75) is 51.1 Å². The zero-order chi connectivity index (χ0) is 23.0. The lowest BCUT2D eigenvalue weighted by atomic mass is 10.0. The maximum absolute atomic E-state index is 12.7. The van der Waals surface area contributed by atoms with Crippen molar-refractivity contribution in [2.24, 2.45) is 4.99 Å². The third-order valence-corrected chi connectivity index (χ3v) is 6.97. The molecular formula is C27H37N5O. The summed E-state index contributed by atoms with van der Waals surface area (Å²) in [4.78, 5) is 21.6. The number of fused-ring (bicyclic) bond motifs is 1. The molecule has 2 aliphatic rings. The molecule has 1 amide bonds. The summed E-state index contributed by atoms with van der Waals surface area (Å²) in [7, 11) is 1.81. The van der Waals surface area contributed by atoms with Gasteiger partial charge in [-0.2, -0.15) is 0 Å². The first-order chi connectivity index (χ1) is 16.2. The Bertz CT molecular complexity index is 937. The number of carbonyl (C=O) groups is 1. The van der Waals surface area contributed by atoms with E-state index in [1.807, 2.05) is 24.1 Å². The second-order valence-electron chi connectivity index (χ2n) is 9.07. The summed E-state index contributed by atoms with van der Waals surface area (Å²) >= 11 is 0. The fraction of sp³-hybridized carbons (Fsp3) is 0.481. The molecule has 4 rings (SSSR count). The van der Waals surface area contributed by atoms with Crippen LogP contribution in [-0.4, -0.2) is 56.0 Å². The minimum absolute atomic E-state index is 0.213. The van der Waals surface area contributed by atoms with Crippen molar-refractivity contribution in [3.63, 3.8) is 0 Å². The summed E-state index contributed by atoms with van der Waals surface area (Å²) in [5.74, 6) is 1.05. The number of hydrogen-bond acceptors (Lipinski definition) is 3. The number of carbonyl (C=O) groups excluding carboxylic acids is 1. The van der Waals surface area contributed by atoms with Gasteiger partial charge < -0.3 is 15.5 Å². The Hall–Kier alpha value is -2.86. The maximum atomic E-state index is 12.7. The van der Waals surface area contributed by atoms with Gasteiger partial charge in [0, 0.05) is 57.4 Å². The average Bonchev–Trinajstić information content (AvgIpc) is 3.30. The molecule has 33 heavy (non-hydrogen) atoms. The number of guanidine groups is 1. The van der Waals surface area contributed by atoms with Crippen LogP contribution in [0.1, 0.15) is 49.8 Å². The van der Waals surface area contributed by atoms with Crippen molar-refractivity contribution in [3.8, 4) is 0 Å². The van der Waals surface area contributed by atoms with Crippen molar-refractivity contribution in [2.75, 3.05) is 38.1 Å². The molecule has 0 aliphatic carbocycles. The van der Waals surface area contributed by atoms with Crippen LogP contribution >= 0.6 is 0 Å². The Kier molecular flexibility index (Phi) is 8.00. The standard InChI is InChI=1S/C27H37N5O/c1-21(22-9-4-3-5-10-22)31-18-15-24(16-19-31)30-27(28-2)29-17-8-13-26(33)32-20-14-23-11-6-7-12-25(23)32/h3-7,9-12,21,24H,8,13-20H2,1-2H3,(H2,28,29,30). The van der Waals surface area contributed by atoms with Gasteiger partial charge in [0.1, 0.15) is 0 Å². The van der Waals surface area contributed by atoms with E-state index in [1.165, 1.54) is 11.1 Å². The minimum Gasteiger partial charge on any atom is -0.356 e. The second kappa shape index (κ2) is 11.3. The third-order valence-electron chi connectivity index (χ3n) is 6.97. The monoisotopic (exact) mass is 447 g/mol.